The lowest BCUT2D eigenvalue weighted by atomic mass is 10.0. The molecule has 1 aliphatic rings. The summed E-state index contributed by atoms with van der Waals surface area (Å²) >= 11 is 0. The van der Waals surface area contributed by atoms with E-state index in [-0.39, 0.29) is 18.6 Å². The van der Waals surface area contributed by atoms with Crippen LogP contribution in [0.25, 0.3) is 0 Å². The maximum atomic E-state index is 11.5. The SMILES string of the molecule is CC1CC(NCC(=O)OC(C)(C)C)CCO1. The number of nitrogens with one attached hydrogen (secondary N) is 1. The van der Waals surface area contributed by atoms with Crippen LogP contribution in [0.15, 0.2) is 0 Å². The van der Waals surface area contributed by atoms with E-state index in [0.717, 1.165) is 19.4 Å². The minimum absolute atomic E-state index is 0.188. The van der Waals surface area contributed by atoms with Crippen molar-refractivity contribution in [3.05, 3.63) is 0 Å². The van der Waals surface area contributed by atoms with Gasteiger partial charge in [0.15, 0.2) is 0 Å². The molecule has 1 saturated heterocycles. The van der Waals surface area contributed by atoms with E-state index >= 15 is 0 Å². The minimum Gasteiger partial charge on any atom is -0.459 e. The highest BCUT2D eigenvalue weighted by molar-refractivity contribution is 5.72. The third-order valence-corrected chi connectivity index (χ3v) is 2.44. The quantitative estimate of drug-likeness (QED) is 0.745. The van der Waals surface area contributed by atoms with Crippen molar-refractivity contribution >= 4 is 5.97 Å². The lowest BCUT2D eigenvalue weighted by Crippen LogP contribution is -2.41. The second-order valence-electron chi connectivity index (χ2n) is 5.37. The summed E-state index contributed by atoms with van der Waals surface area (Å²) in [6.07, 6.45) is 2.21. The van der Waals surface area contributed by atoms with Gasteiger partial charge in [-0.2, -0.15) is 0 Å². The normalized spacial score (nSPS) is 26.5. The molecule has 4 nitrogen and oxygen atoms in total. The summed E-state index contributed by atoms with van der Waals surface area (Å²) in [4.78, 5) is 11.5. The van der Waals surface area contributed by atoms with Gasteiger partial charge in [0, 0.05) is 12.6 Å². The van der Waals surface area contributed by atoms with Gasteiger partial charge in [0.2, 0.25) is 0 Å². The molecule has 0 aromatic heterocycles. The molecule has 1 N–H and O–H groups in total. The van der Waals surface area contributed by atoms with Crippen LogP contribution >= 0.6 is 0 Å². The molecule has 4 heteroatoms. The maximum absolute atomic E-state index is 11.5. The van der Waals surface area contributed by atoms with Gasteiger partial charge in [-0.1, -0.05) is 0 Å². The first-order chi connectivity index (χ1) is 7.37. The van der Waals surface area contributed by atoms with Crippen molar-refractivity contribution in [1.82, 2.24) is 5.32 Å². The summed E-state index contributed by atoms with van der Waals surface area (Å²) in [6, 6.07) is 0.372. The van der Waals surface area contributed by atoms with Gasteiger partial charge in [0.1, 0.15) is 5.60 Å². The third kappa shape index (κ3) is 5.47. The first-order valence-electron chi connectivity index (χ1n) is 5.93. The average molecular weight is 229 g/mol. The van der Waals surface area contributed by atoms with Crippen LogP contribution in [0.5, 0.6) is 0 Å². The number of hydrogen-bond donors (Lipinski definition) is 1. The van der Waals surface area contributed by atoms with E-state index in [0.29, 0.717) is 6.04 Å². The molecule has 1 heterocycles. The van der Waals surface area contributed by atoms with Crippen LogP contribution in [-0.4, -0.2) is 36.9 Å². The van der Waals surface area contributed by atoms with Crippen LogP contribution in [-0.2, 0) is 14.3 Å². The van der Waals surface area contributed by atoms with Crippen LogP contribution in [0.2, 0.25) is 0 Å². The molecule has 1 fully saturated rings. The summed E-state index contributed by atoms with van der Waals surface area (Å²) in [7, 11) is 0. The zero-order chi connectivity index (χ0) is 12.2. The summed E-state index contributed by atoms with van der Waals surface area (Å²) in [5.74, 6) is -0.188. The van der Waals surface area contributed by atoms with E-state index in [1.165, 1.54) is 0 Å². The van der Waals surface area contributed by atoms with Gasteiger partial charge in [-0.3, -0.25) is 4.79 Å². The van der Waals surface area contributed by atoms with Crippen molar-refractivity contribution in [3.63, 3.8) is 0 Å². The van der Waals surface area contributed by atoms with Gasteiger partial charge < -0.3 is 14.8 Å². The topological polar surface area (TPSA) is 47.6 Å². The van der Waals surface area contributed by atoms with Gasteiger partial charge in [-0.15, -0.1) is 0 Å². The van der Waals surface area contributed by atoms with Crippen LogP contribution in [0.1, 0.15) is 40.5 Å². The van der Waals surface area contributed by atoms with E-state index in [1.54, 1.807) is 0 Å². The molecule has 0 radical (unpaired) electrons. The molecule has 0 aliphatic carbocycles. The molecule has 1 aliphatic heterocycles. The highest BCUT2D eigenvalue weighted by Crippen LogP contribution is 2.13. The number of carbonyl (C=O) groups excluding carboxylic acids is 1. The Kier molecular flexibility index (Phi) is 4.74. The summed E-state index contributed by atoms with van der Waals surface area (Å²) in [6.45, 7) is 8.74. The third-order valence-electron chi connectivity index (χ3n) is 2.44. The largest absolute Gasteiger partial charge is 0.459 e. The van der Waals surface area contributed by atoms with E-state index in [9.17, 15) is 4.79 Å². The van der Waals surface area contributed by atoms with E-state index in [4.69, 9.17) is 9.47 Å². The first kappa shape index (κ1) is 13.5. The standard InChI is InChI=1S/C12H23NO3/c1-9-7-10(5-6-15-9)13-8-11(14)16-12(2,3)4/h9-10,13H,5-8H2,1-4H3. The highest BCUT2D eigenvalue weighted by Gasteiger charge is 2.21. The molecule has 2 atom stereocenters. The summed E-state index contributed by atoms with van der Waals surface area (Å²) < 4.78 is 10.7. The molecule has 1 rings (SSSR count). The van der Waals surface area contributed by atoms with Crippen molar-refractivity contribution in [3.8, 4) is 0 Å². The molecule has 0 spiro atoms. The first-order valence-corrected chi connectivity index (χ1v) is 5.93. The molecule has 2 unspecified atom stereocenters. The lowest BCUT2D eigenvalue weighted by Gasteiger charge is -2.28. The lowest BCUT2D eigenvalue weighted by molar-refractivity contribution is -0.154. The Hall–Kier alpha value is -0.610. The van der Waals surface area contributed by atoms with Gasteiger partial charge in [-0.05, 0) is 40.5 Å². The molecule has 0 aromatic carbocycles. The fourth-order valence-corrected chi connectivity index (χ4v) is 1.79. The fourth-order valence-electron chi connectivity index (χ4n) is 1.79. The average Bonchev–Trinajstić information content (AvgIpc) is 2.12. The van der Waals surface area contributed by atoms with Crippen molar-refractivity contribution in [1.29, 1.82) is 0 Å². The molecular weight excluding hydrogens is 206 g/mol. The Morgan fingerprint density at radius 3 is 2.75 bits per heavy atom. The monoisotopic (exact) mass is 229 g/mol. The van der Waals surface area contributed by atoms with Crippen LogP contribution in [0.3, 0.4) is 0 Å². The fraction of sp³-hybridized carbons (Fsp3) is 0.917. The predicted octanol–water partition coefficient (Wildman–Crippen LogP) is 1.49. The Bertz CT molecular complexity index is 235. The number of esters is 1. The molecule has 0 bridgehead atoms. The smallest absolute Gasteiger partial charge is 0.320 e. The Morgan fingerprint density at radius 2 is 2.19 bits per heavy atom. The van der Waals surface area contributed by atoms with Crippen LogP contribution < -0.4 is 5.32 Å². The zero-order valence-corrected chi connectivity index (χ0v) is 10.7. The molecule has 94 valence electrons. The van der Waals surface area contributed by atoms with E-state index in [2.05, 4.69) is 12.2 Å². The van der Waals surface area contributed by atoms with Crippen LogP contribution in [0, 0.1) is 0 Å². The molecule has 16 heavy (non-hydrogen) atoms. The van der Waals surface area contributed by atoms with Crippen molar-refractivity contribution < 1.29 is 14.3 Å². The number of carbonyl (C=O) groups is 1. The second-order valence-corrected chi connectivity index (χ2v) is 5.37. The van der Waals surface area contributed by atoms with E-state index in [1.807, 2.05) is 20.8 Å². The molecule has 0 aromatic rings. The zero-order valence-electron chi connectivity index (χ0n) is 10.7. The highest BCUT2D eigenvalue weighted by atomic mass is 16.6. The van der Waals surface area contributed by atoms with Gasteiger partial charge in [-0.25, -0.2) is 0 Å². The van der Waals surface area contributed by atoms with Crippen molar-refractivity contribution in [2.75, 3.05) is 13.2 Å². The van der Waals surface area contributed by atoms with Gasteiger partial charge in [0.05, 0.1) is 12.6 Å². The molecular formula is C12H23NO3. The van der Waals surface area contributed by atoms with Crippen LogP contribution in [0.4, 0.5) is 0 Å². The van der Waals surface area contributed by atoms with Gasteiger partial charge in [0.25, 0.3) is 0 Å². The summed E-state index contributed by atoms with van der Waals surface area (Å²) in [5, 5.41) is 3.22. The Balaban J connectivity index is 2.21. The van der Waals surface area contributed by atoms with Crippen molar-refractivity contribution in [2.24, 2.45) is 0 Å². The Morgan fingerprint density at radius 1 is 1.50 bits per heavy atom. The number of ether oxygens (including phenoxy) is 2. The maximum Gasteiger partial charge on any atom is 0.320 e. The van der Waals surface area contributed by atoms with Gasteiger partial charge >= 0.3 is 5.97 Å². The number of hydrogen-bond acceptors (Lipinski definition) is 4. The Labute approximate surface area is 97.7 Å². The number of rotatable bonds is 3. The molecule has 0 saturated carbocycles. The second kappa shape index (κ2) is 5.64. The molecule has 0 amide bonds. The predicted molar refractivity (Wildman–Crippen MR) is 62.3 cm³/mol. The summed E-state index contributed by atoms with van der Waals surface area (Å²) in [5.41, 5.74) is -0.401. The van der Waals surface area contributed by atoms with E-state index < -0.39 is 5.60 Å². The van der Waals surface area contributed by atoms with Crippen molar-refractivity contribution in [2.45, 2.75) is 58.3 Å². The minimum atomic E-state index is -0.401.